The van der Waals surface area contributed by atoms with Crippen molar-refractivity contribution in [1.29, 1.82) is 0 Å². The number of rotatable bonds is 3. The molecule has 7 nitrogen and oxygen atoms in total. The van der Waals surface area contributed by atoms with E-state index in [1.165, 1.54) is 25.2 Å². The van der Waals surface area contributed by atoms with Crippen LogP contribution in [0.25, 0.3) is 0 Å². The molecule has 1 N–H and O–H groups in total. The van der Waals surface area contributed by atoms with Crippen molar-refractivity contribution in [2.45, 2.75) is 33.0 Å². The second kappa shape index (κ2) is 5.87. The number of amides is 1. The molecular weight excluding hydrogens is 264 g/mol. The molecule has 0 spiro atoms. The van der Waals surface area contributed by atoms with Gasteiger partial charge in [-0.05, 0) is 26.8 Å². The summed E-state index contributed by atoms with van der Waals surface area (Å²) in [6.45, 7) is 4.83. The van der Waals surface area contributed by atoms with Crippen LogP contribution in [0.4, 0.5) is 16.2 Å². The van der Waals surface area contributed by atoms with E-state index in [4.69, 9.17) is 4.74 Å². The van der Waals surface area contributed by atoms with Crippen molar-refractivity contribution in [2.75, 3.05) is 11.9 Å². The molecule has 0 bridgehead atoms. The zero-order valence-corrected chi connectivity index (χ0v) is 11.9. The van der Waals surface area contributed by atoms with Gasteiger partial charge in [-0.15, -0.1) is 0 Å². The lowest BCUT2D eigenvalue weighted by molar-refractivity contribution is -0.384. The second-order valence-corrected chi connectivity index (χ2v) is 5.27. The van der Waals surface area contributed by atoms with Crippen LogP contribution in [0, 0.1) is 10.1 Å². The molecule has 1 amide bonds. The number of non-ortho nitro benzene ring substituents is 1. The minimum absolute atomic E-state index is 0.160. The first kappa shape index (κ1) is 15.9. The summed E-state index contributed by atoms with van der Waals surface area (Å²) < 4.78 is 5.19. The van der Waals surface area contributed by atoms with Crippen LogP contribution >= 0.6 is 0 Å². The Bertz CT molecular complexity index is 522. The van der Waals surface area contributed by atoms with Gasteiger partial charge in [-0.3, -0.25) is 15.0 Å². The van der Waals surface area contributed by atoms with Gasteiger partial charge < -0.3 is 9.84 Å². The highest BCUT2D eigenvalue weighted by atomic mass is 16.6. The van der Waals surface area contributed by atoms with Gasteiger partial charge in [0.15, 0.2) is 0 Å². The third-order valence-electron chi connectivity index (χ3n) is 2.48. The third kappa shape index (κ3) is 3.92. The van der Waals surface area contributed by atoms with Gasteiger partial charge in [0.2, 0.25) is 0 Å². The highest BCUT2D eigenvalue weighted by Gasteiger charge is 2.23. The normalized spacial score (nSPS) is 11.1. The zero-order chi connectivity index (χ0) is 15.5. The number of carbonyl (C=O) groups excluding carboxylic acids is 1. The average Bonchev–Trinajstić information content (AvgIpc) is 2.34. The Kier molecular flexibility index (Phi) is 4.67. The van der Waals surface area contributed by atoms with Gasteiger partial charge >= 0.3 is 6.09 Å². The van der Waals surface area contributed by atoms with Crippen molar-refractivity contribution in [3.63, 3.8) is 0 Å². The van der Waals surface area contributed by atoms with Gasteiger partial charge in [0.05, 0.1) is 17.2 Å². The summed E-state index contributed by atoms with van der Waals surface area (Å²) in [6, 6.07) is 3.92. The number of hydrogen-bond donors (Lipinski definition) is 1. The maximum absolute atomic E-state index is 12.0. The zero-order valence-electron chi connectivity index (χ0n) is 11.9. The Balaban J connectivity index is 3.12. The number of aliphatic hydroxyl groups excluding tert-OH is 1. The van der Waals surface area contributed by atoms with Crippen molar-refractivity contribution in [2.24, 2.45) is 0 Å². The minimum atomic E-state index is -0.675. The minimum Gasteiger partial charge on any atom is -0.443 e. The van der Waals surface area contributed by atoms with E-state index in [1.807, 2.05) is 0 Å². The second-order valence-electron chi connectivity index (χ2n) is 5.27. The van der Waals surface area contributed by atoms with Crippen LogP contribution in [0.2, 0.25) is 0 Å². The third-order valence-corrected chi connectivity index (χ3v) is 2.48. The van der Waals surface area contributed by atoms with Crippen LogP contribution in [0.5, 0.6) is 0 Å². The summed E-state index contributed by atoms with van der Waals surface area (Å²) in [5.41, 5.74) is -0.182. The molecule has 1 aromatic rings. The molecule has 1 aromatic carbocycles. The quantitative estimate of drug-likeness (QED) is 0.679. The molecule has 7 heteroatoms. The number of hydrogen-bond acceptors (Lipinski definition) is 5. The van der Waals surface area contributed by atoms with E-state index in [-0.39, 0.29) is 18.0 Å². The van der Waals surface area contributed by atoms with Gasteiger partial charge in [-0.1, -0.05) is 0 Å². The van der Waals surface area contributed by atoms with E-state index in [1.54, 1.807) is 20.8 Å². The van der Waals surface area contributed by atoms with Crippen LogP contribution in [-0.2, 0) is 11.3 Å². The Hall–Kier alpha value is -2.15. The van der Waals surface area contributed by atoms with Crippen LogP contribution < -0.4 is 4.90 Å². The standard InChI is InChI=1S/C13H18N2O5/c1-13(2,3)20-12(17)14(4)11-7-10(15(18)19)6-5-9(11)8-16/h5-7,16H,8H2,1-4H3. The highest BCUT2D eigenvalue weighted by molar-refractivity contribution is 5.88. The fourth-order valence-electron chi connectivity index (χ4n) is 1.54. The smallest absolute Gasteiger partial charge is 0.414 e. The first-order valence-corrected chi connectivity index (χ1v) is 6.00. The van der Waals surface area contributed by atoms with Gasteiger partial charge in [-0.2, -0.15) is 0 Å². The predicted molar refractivity (Wildman–Crippen MR) is 73.7 cm³/mol. The van der Waals surface area contributed by atoms with Crippen molar-refractivity contribution in [3.8, 4) is 0 Å². The van der Waals surface area contributed by atoms with E-state index in [2.05, 4.69) is 0 Å². The lowest BCUT2D eigenvalue weighted by Gasteiger charge is -2.25. The molecule has 20 heavy (non-hydrogen) atoms. The number of benzene rings is 1. The number of ether oxygens (including phenoxy) is 1. The first-order chi connectivity index (χ1) is 9.15. The molecule has 0 atom stereocenters. The van der Waals surface area contributed by atoms with Crippen LogP contribution in [0.15, 0.2) is 18.2 Å². The molecule has 0 heterocycles. The van der Waals surface area contributed by atoms with Crippen LogP contribution in [0.3, 0.4) is 0 Å². The number of aliphatic hydroxyl groups is 1. The van der Waals surface area contributed by atoms with Crippen molar-refractivity contribution >= 4 is 17.5 Å². The van der Waals surface area contributed by atoms with Crippen molar-refractivity contribution < 1.29 is 19.6 Å². The Morgan fingerprint density at radius 1 is 1.45 bits per heavy atom. The SMILES string of the molecule is CN(C(=O)OC(C)(C)C)c1cc([N+](=O)[O-])ccc1CO. The fraction of sp³-hybridized carbons (Fsp3) is 0.462. The highest BCUT2D eigenvalue weighted by Crippen LogP contribution is 2.26. The largest absolute Gasteiger partial charge is 0.443 e. The van der Waals surface area contributed by atoms with E-state index in [9.17, 15) is 20.0 Å². The number of nitro groups is 1. The topological polar surface area (TPSA) is 92.9 Å². The van der Waals surface area contributed by atoms with E-state index in [0.29, 0.717) is 5.56 Å². The predicted octanol–water partition coefficient (Wildman–Crippen LogP) is 2.46. The lowest BCUT2D eigenvalue weighted by atomic mass is 10.1. The molecule has 1 rings (SSSR count). The summed E-state index contributed by atoms with van der Waals surface area (Å²) >= 11 is 0. The maximum atomic E-state index is 12.0. The van der Waals surface area contributed by atoms with Gasteiger partial charge in [0, 0.05) is 24.7 Å². The Morgan fingerprint density at radius 3 is 2.50 bits per heavy atom. The van der Waals surface area contributed by atoms with E-state index < -0.39 is 16.6 Å². The van der Waals surface area contributed by atoms with Gasteiger partial charge in [0.1, 0.15) is 5.60 Å². The molecule has 0 aliphatic rings. The monoisotopic (exact) mass is 282 g/mol. The summed E-state index contributed by atoms with van der Waals surface area (Å²) in [5, 5.41) is 20.0. The van der Waals surface area contributed by atoms with Crippen molar-refractivity contribution in [3.05, 3.63) is 33.9 Å². The molecule has 0 aromatic heterocycles. The fourth-order valence-corrected chi connectivity index (χ4v) is 1.54. The van der Waals surface area contributed by atoms with Gasteiger partial charge in [0.25, 0.3) is 5.69 Å². The Morgan fingerprint density at radius 2 is 2.05 bits per heavy atom. The summed E-state index contributed by atoms with van der Waals surface area (Å²) in [4.78, 5) is 23.3. The molecule has 0 radical (unpaired) electrons. The molecule has 110 valence electrons. The lowest BCUT2D eigenvalue weighted by Crippen LogP contribution is -2.34. The first-order valence-electron chi connectivity index (χ1n) is 6.00. The summed E-state index contributed by atoms with van der Waals surface area (Å²) in [5.74, 6) is 0. The molecule has 0 aliphatic heterocycles. The molecule has 0 saturated carbocycles. The maximum Gasteiger partial charge on any atom is 0.414 e. The van der Waals surface area contributed by atoms with Gasteiger partial charge in [-0.25, -0.2) is 4.79 Å². The summed E-state index contributed by atoms with van der Waals surface area (Å²) in [6.07, 6.45) is -0.646. The number of nitrogens with zero attached hydrogens (tertiary/aromatic N) is 2. The average molecular weight is 282 g/mol. The summed E-state index contributed by atoms with van der Waals surface area (Å²) in [7, 11) is 1.44. The van der Waals surface area contributed by atoms with Crippen LogP contribution in [0.1, 0.15) is 26.3 Å². The molecule has 0 saturated heterocycles. The molecule has 0 fully saturated rings. The van der Waals surface area contributed by atoms with E-state index >= 15 is 0 Å². The molecular formula is C13H18N2O5. The Labute approximate surface area is 116 Å². The number of nitro benzene ring substituents is 1. The van der Waals surface area contributed by atoms with Crippen molar-refractivity contribution in [1.82, 2.24) is 0 Å². The number of carbonyl (C=O) groups is 1. The molecule has 0 aliphatic carbocycles. The van der Waals surface area contributed by atoms with E-state index in [0.717, 1.165) is 4.90 Å². The van der Waals surface area contributed by atoms with Crippen LogP contribution in [-0.4, -0.2) is 28.8 Å². The number of anilines is 1. The molecule has 0 unspecified atom stereocenters.